The lowest BCUT2D eigenvalue weighted by Crippen LogP contribution is -2.11. The Morgan fingerprint density at radius 1 is 1.38 bits per heavy atom. The fourth-order valence-electron chi connectivity index (χ4n) is 1.76. The van der Waals surface area contributed by atoms with Crippen molar-refractivity contribution in [2.24, 2.45) is 0 Å². The van der Waals surface area contributed by atoms with Gasteiger partial charge in [-0.05, 0) is 30.7 Å². The van der Waals surface area contributed by atoms with Crippen molar-refractivity contribution in [3.8, 4) is 17.9 Å². The highest BCUT2D eigenvalue weighted by Gasteiger charge is 2.12. The topological polar surface area (TPSA) is 73.1 Å². The van der Waals surface area contributed by atoms with Crippen LogP contribution in [0.4, 0.5) is 5.69 Å². The molecule has 104 valence electrons. The number of nitrogens with one attached hydrogen (secondary N) is 1. The van der Waals surface area contributed by atoms with Crippen molar-refractivity contribution in [2.75, 3.05) is 11.9 Å². The van der Waals surface area contributed by atoms with Gasteiger partial charge in [0.1, 0.15) is 12.7 Å². The van der Waals surface area contributed by atoms with E-state index in [9.17, 15) is 4.79 Å². The quantitative estimate of drug-likeness (QED) is 0.836. The van der Waals surface area contributed by atoms with Gasteiger partial charge in [-0.3, -0.25) is 4.79 Å². The van der Waals surface area contributed by atoms with Crippen LogP contribution in [0.5, 0.6) is 0 Å². The fraction of sp³-hybridized carbons (Fsp3) is 0.125. The van der Waals surface area contributed by atoms with E-state index in [0.717, 1.165) is 5.56 Å². The average molecular weight is 296 g/mol. The van der Waals surface area contributed by atoms with Gasteiger partial charge in [0, 0.05) is 0 Å². The van der Waals surface area contributed by atoms with Crippen LogP contribution in [-0.2, 0) is 0 Å². The van der Waals surface area contributed by atoms with Crippen LogP contribution >= 0.6 is 11.3 Å². The highest BCUT2D eigenvalue weighted by atomic mass is 32.1. The number of anilines is 1. The normalized spacial score (nSPS) is 9.38. The SMILES string of the molecule is Cc1cccc(NC(=O)c2ccc(C#CCO)s2)c1C#N. The lowest BCUT2D eigenvalue weighted by molar-refractivity contribution is 0.103. The Morgan fingerprint density at radius 2 is 2.19 bits per heavy atom. The third-order valence-corrected chi connectivity index (χ3v) is 3.75. The molecule has 0 spiro atoms. The van der Waals surface area contributed by atoms with Gasteiger partial charge < -0.3 is 10.4 Å². The molecule has 1 aromatic heterocycles. The summed E-state index contributed by atoms with van der Waals surface area (Å²) in [5.41, 5.74) is 1.78. The van der Waals surface area contributed by atoms with Crippen LogP contribution in [0.2, 0.25) is 0 Å². The number of carbonyl (C=O) groups excluding carboxylic acids is 1. The predicted molar refractivity (Wildman–Crippen MR) is 82.1 cm³/mol. The molecule has 0 aliphatic carbocycles. The largest absolute Gasteiger partial charge is 0.384 e. The van der Waals surface area contributed by atoms with E-state index in [2.05, 4.69) is 23.2 Å². The molecule has 2 N–H and O–H groups in total. The molecule has 0 radical (unpaired) electrons. The maximum atomic E-state index is 12.2. The highest BCUT2D eigenvalue weighted by molar-refractivity contribution is 7.14. The van der Waals surface area contributed by atoms with Crippen LogP contribution in [0, 0.1) is 30.1 Å². The van der Waals surface area contributed by atoms with E-state index in [4.69, 9.17) is 10.4 Å². The van der Waals surface area contributed by atoms with Gasteiger partial charge in [0.2, 0.25) is 0 Å². The minimum atomic E-state index is -0.279. The zero-order valence-corrected chi connectivity index (χ0v) is 12.1. The molecule has 0 aliphatic heterocycles. The molecule has 0 saturated heterocycles. The summed E-state index contributed by atoms with van der Waals surface area (Å²) in [6, 6.07) is 10.8. The van der Waals surface area contributed by atoms with Crippen LogP contribution in [0.3, 0.4) is 0 Å². The molecule has 0 atom stereocenters. The first kappa shape index (κ1) is 14.8. The van der Waals surface area contributed by atoms with E-state index in [1.54, 1.807) is 24.3 Å². The third kappa shape index (κ3) is 3.49. The van der Waals surface area contributed by atoms with Crippen LogP contribution in [0.1, 0.15) is 25.7 Å². The van der Waals surface area contributed by atoms with Crippen molar-refractivity contribution >= 4 is 22.9 Å². The Kier molecular flexibility index (Phi) is 4.73. The molecule has 5 heteroatoms. The summed E-state index contributed by atoms with van der Waals surface area (Å²) in [6.45, 7) is 1.61. The summed E-state index contributed by atoms with van der Waals surface area (Å²) < 4.78 is 0. The maximum absolute atomic E-state index is 12.2. The molecule has 0 unspecified atom stereocenters. The van der Waals surface area contributed by atoms with Gasteiger partial charge in [0.05, 0.1) is 21.0 Å². The monoisotopic (exact) mass is 296 g/mol. The van der Waals surface area contributed by atoms with Gasteiger partial charge >= 0.3 is 0 Å². The van der Waals surface area contributed by atoms with E-state index in [-0.39, 0.29) is 12.5 Å². The van der Waals surface area contributed by atoms with E-state index in [0.29, 0.717) is 21.0 Å². The number of nitrogens with zero attached hydrogens (tertiary/aromatic N) is 1. The van der Waals surface area contributed by atoms with Gasteiger partial charge in [-0.2, -0.15) is 5.26 Å². The summed E-state index contributed by atoms with van der Waals surface area (Å²) in [6.07, 6.45) is 0. The highest BCUT2D eigenvalue weighted by Crippen LogP contribution is 2.21. The van der Waals surface area contributed by atoms with Crippen molar-refractivity contribution in [1.82, 2.24) is 0 Å². The number of aliphatic hydroxyl groups excluding tert-OH is 1. The van der Waals surface area contributed by atoms with Gasteiger partial charge in [0.25, 0.3) is 5.91 Å². The summed E-state index contributed by atoms with van der Waals surface area (Å²) in [5, 5.41) is 20.5. The molecule has 1 amide bonds. The van der Waals surface area contributed by atoms with Gasteiger partial charge in [-0.15, -0.1) is 11.3 Å². The number of thiophene rings is 1. The van der Waals surface area contributed by atoms with E-state index < -0.39 is 0 Å². The Hall–Kier alpha value is -2.60. The van der Waals surface area contributed by atoms with Crippen LogP contribution in [0.15, 0.2) is 30.3 Å². The molecular weight excluding hydrogens is 284 g/mol. The first-order chi connectivity index (χ1) is 10.2. The first-order valence-corrected chi connectivity index (χ1v) is 6.98. The Bertz CT molecular complexity index is 776. The van der Waals surface area contributed by atoms with E-state index in [1.165, 1.54) is 11.3 Å². The molecule has 2 aromatic rings. The van der Waals surface area contributed by atoms with Crippen LogP contribution in [0.25, 0.3) is 0 Å². The van der Waals surface area contributed by atoms with Crippen molar-refractivity contribution in [1.29, 1.82) is 5.26 Å². The number of aliphatic hydroxyl groups is 1. The number of benzene rings is 1. The Morgan fingerprint density at radius 3 is 2.90 bits per heavy atom. The molecule has 1 heterocycles. The fourth-order valence-corrected chi connectivity index (χ4v) is 2.53. The van der Waals surface area contributed by atoms with Crippen LogP contribution < -0.4 is 5.32 Å². The molecule has 0 bridgehead atoms. The third-order valence-electron chi connectivity index (χ3n) is 2.75. The van der Waals surface area contributed by atoms with Crippen molar-refractivity contribution < 1.29 is 9.90 Å². The average Bonchev–Trinajstić information content (AvgIpc) is 2.94. The minimum Gasteiger partial charge on any atom is -0.384 e. The first-order valence-electron chi connectivity index (χ1n) is 6.16. The van der Waals surface area contributed by atoms with Crippen molar-refractivity contribution in [3.05, 3.63) is 51.2 Å². The molecule has 0 aliphatic rings. The van der Waals surface area contributed by atoms with Gasteiger partial charge in [-0.25, -0.2) is 0 Å². The van der Waals surface area contributed by atoms with Crippen molar-refractivity contribution in [2.45, 2.75) is 6.92 Å². The lowest BCUT2D eigenvalue weighted by atomic mass is 10.1. The number of carbonyl (C=O) groups is 1. The zero-order valence-electron chi connectivity index (χ0n) is 11.3. The number of nitriles is 1. The smallest absolute Gasteiger partial charge is 0.265 e. The molecule has 2 rings (SSSR count). The molecule has 21 heavy (non-hydrogen) atoms. The molecule has 0 saturated carbocycles. The van der Waals surface area contributed by atoms with Crippen molar-refractivity contribution in [3.63, 3.8) is 0 Å². The minimum absolute atomic E-state index is 0.214. The van der Waals surface area contributed by atoms with Crippen LogP contribution in [-0.4, -0.2) is 17.6 Å². The predicted octanol–water partition coefficient (Wildman–Crippen LogP) is 2.52. The lowest BCUT2D eigenvalue weighted by Gasteiger charge is -2.07. The standard InChI is InChI=1S/C16H12N2O2S/c1-11-4-2-6-14(13(11)10-17)18-16(20)15-8-7-12(21-15)5-3-9-19/h2,4,6-8,19H,9H2,1H3,(H,18,20). The second-order valence-corrected chi connectivity index (χ2v) is 5.27. The number of aryl methyl sites for hydroxylation is 1. The molecular formula is C16H12N2O2S. The summed E-state index contributed by atoms with van der Waals surface area (Å²) in [7, 11) is 0. The van der Waals surface area contributed by atoms with Gasteiger partial charge in [0.15, 0.2) is 0 Å². The summed E-state index contributed by atoms with van der Waals surface area (Å²) in [5.74, 6) is 5.01. The number of hydrogen-bond donors (Lipinski definition) is 2. The van der Waals surface area contributed by atoms with Gasteiger partial charge in [-0.1, -0.05) is 24.0 Å². The summed E-state index contributed by atoms with van der Waals surface area (Å²) >= 11 is 1.24. The molecule has 4 nitrogen and oxygen atoms in total. The Labute approximate surface area is 126 Å². The number of amides is 1. The van der Waals surface area contributed by atoms with E-state index in [1.807, 2.05) is 13.0 Å². The second-order valence-electron chi connectivity index (χ2n) is 4.19. The number of hydrogen-bond acceptors (Lipinski definition) is 4. The summed E-state index contributed by atoms with van der Waals surface area (Å²) in [4.78, 5) is 13.4. The zero-order chi connectivity index (χ0) is 15.2. The second kappa shape index (κ2) is 6.71. The Balaban J connectivity index is 2.21. The molecule has 0 fully saturated rings. The van der Waals surface area contributed by atoms with E-state index >= 15 is 0 Å². The number of rotatable bonds is 2. The molecule has 1 aromatic carbocycles. The maximum Gasteiger partial charge on any atom is 0.265 e.